The maximum Gasteiger partial charge on any atom is 0.241 e. The number of pyridine rings is 1. The van der Waals surface area contributed by atoms with Gasteiger partial charge in [0.05, 0.1) is 30.3 Å². The zero-order valence-electron chi connectivity index (χ0n) is 19.0. The molecule has 0 radical (unpaired) electrons. The number of fused-ring (bicyclic) bond motifs is 3. The van der Waals surface area contributed by atoms with Crippen molar-refractivity contribution in [3.05, 3.63) is 48.5 Å². The molecule has 34 heavy (non-hydrogen) atoms. The van der Waals surface area contributed by atoms with Gasteiger partial charge in [-0.25, -0.2) is 13.6 Å². The second kappa shape index (κ2) is 8.93. The number of methoxy groups -OCH3 is 2. The van der Waals surface area contributed by atoms with Crippen molar-refractivity contribution in [3.63, 3.8) is 0 Å². The highest BCUT2D eigenvalue weighted by molar-refractivity contribution is 7.89. The predicted molar refractivity (Wildman–Crippen MR) is 130 cm³/mol. The summed E-state index contributed by atoms with van der Waals surface area (Å²) in [4.78, 5) is 19.0. The van der Waals surface area contributed by atoms with Gasteiger partial charge < -0.3 is 19.8 Å². The fraction of sp³-hybridized carbons (Fsp3) is 0.217. The summed E-state index contributed by atoms with van der Waals surface area (Å²) in [5, 5.41) is 6.87. The first-order chi connectivity index (χ1) is 16.2. The Morgan fingerprint density at radius 2 is 1.79 bits per heavy atom. The number of aryl methyl sites for hydroxylation is 1. The van der Waals surface area contributed by atoms with Crippen LogP contribution in [0.15, 0.2) is 53.4 Å². The third-order valence-corrected chi connectivity index (χ3v) is 6.53. The Morgan fingerprint density at radius 1 is 1.03 bits per heavy atom. The Morgan fingerprint density at radius 3 is 2.44 bits per heavy atom. The van der Waals surface area contributed by atoms with E-state index < -0.39 is 10.0 Å². The average Bonchev–Trinajstić information content (AvgIpc) is 3.10. The van der Waals surface area contributed by atoms with Crippen molar-refractivity contribution in [2.75, 3.05) is 25.7 Å². The second-order valence-corrected chi connectivity index (χ2v) is 9.20. The molecule has 0 bridgehead atoms. The van der Waals surface area contributed by atoms with Crippen LogP contribution in [0, 0.1) is 0 Å². The molecule has 0 fully saturated rings. The summed E-state index contributed by atoms with van der Waals surface area (Å²) in [6.45, 7) is 0.174. The number of nitrogens with zero attached hydrogens (tertiary/aromatic N) is 3. The summed E-state index contributed by atoms with van der Waals surface area (Å²) in [5.74, 6) is 0.337. The SMILES string of the molecule is COc1ccc(N(C(=O)CCN)c2ccc3c4cc(S(N)(=O)=O)ccc4n(C)c3c2)c(OC)n1. The van der Waals surface area contributed by atoms with Crippen molar-refractivity contribution in [2.45, 2.75) is 11.3 Å². The van der Waals surface area contributed by atoms with Gasteiger partial charge >= 0.3 is 0 Å². The Hall–Kier alpha value is -3.67. The van der Waals surface area contributed by atoms with Gasteiger partial charge in [0.2, 0.25) is 27.7 Å². The van der Waals surface area contributed by atoms with Crippen LogP contribution in [0.25, 0.3) is 21.8 Å². The largest absolute Gasteiger partial charge is 0.481 e. The highest BCUT2D eigenvalue weighted by Crippen LogP contribution is 2.38. The van der Waals surface area contributed by atoms with Crippen LogP contribution in [-0.2, 0) is 21.9 Å². The Balaban J connectivity index is 1.94. The average molecular weight is 484 g/mol. The molecule has 0 aliphatic rings. The molecule has 0 saturated carbocycles. The molecule has 0 unspecified atom stereocenters. The van der Waals surface area contributed by atoms with E-state index in [1.807, 2.05) is 23.7 Å². The first-order valence-electron chi connectivity index (χ1n) is 10.4. The van der Waals surface area contributed by atoms with Crippen LogP contribution in [0.3, 0.4) is 0 Å². The van der Waals surface area contributed by atoms with Crippen molar-refractivity contribution in [1.29, 1.82) is 0 Å². The fourth-order valence-electron chi connectivity index (χ4n) is 4.00. The number of carbonyl (C=O) groups is 1. The summed E-state index contributed by atoms with van der Waals surface area (Å²) < 4.78 is 36.2. The van der Waals surface area contributed by atoms with E-state index >= 15 is 0 Å². The van der Waals surface area contributed by atoms with Crippen LogP contribution in [0.2, 0.25) is 0 Å². The van der Waals surface area contributed by atoms with Crippen LogP contribution < -0.4 is 25.2 Å². The molecule has 178 valence electrons. The zero-order chi connectivity index (χ0) is 24.6. The zero-order valence-corrected chi connectivity index (χ0v) is 19.8. The van der Waals surface area contributed by atoms with E-state index in [9.17, 15) is 13.2 Å². The molecule has 10 nitrogen and oxygen atoms in total. The lowest BCUT2D eigenvalue weighted by Gasteiger charge is -2.24. The third kappa shape index (κ3) is 4.04. The van der Waals surface area contributed by atoms with Crippen LogP contribution in [0.1, 0.15) is 6.42 Å². The van der Waals surface area contributed by atoms with Crippen LogP contribution in [0.5, 0.6) is 11.8 Å². The van der Waals surface area contributed by atoms with E-state index in [0.717, 1.165) is 21.8 Å². The van der Waals surface area contributed by atoms with Crippen molar-refractivity contribution >= 4 is 49.1 Å². The minimum Gasteiger partial charge on any atom is -0.481 e. The van der Waals surface area contributed by atoms with Gasteiger partial charge in [0.1, 0.15) is 5.69 Å². The standard InChI is InChI=1S/C23H25N5O5S/c1-27-18-7-5-15(34(25,30)31)13-17(18)16-6-4-14(12-20(16)27)28(22(29)10-11-24)19-8-9-21(32-2)26-23(19)33-3/h4-9,12-13H,10-11,24H2,1-3H3,(H2,25,30,31). The lowest BCUT2D eigenvalue weighted by Crippen LogP contribution is -2.28. The Labute approximate surface area is 196 Å². The number of benzene rings is 2. The molecule has 4 N–H and O–H groups in total. The molecule has 0 saturated heterocycles. The van der Waals surface area contributed by atoms with Gasteiger partial charge in [0, 0.05) is 42.4 Å². The van der Waals surface area contributed by atoms with Gasteiger partial charge in [0.25, 0.3) is 0 Å². The van der Waals surface area contributed by atoms with Crippen LogP contribution in [-0.4, -0.2) is 44.6 Å². The van der Waals surface area contributed by atoms with Crippen LogP contribution >= 0.6 is 0 Å². The van der Waals surface area contributed by atoms with E-state index in [1.54, 1.807) is 30.3 Å². The smallest absolute Gasteiger partial charge is 0.241 e. The molecule has 0 spiro atoms. The molecule has 2 heterocycles. The molecular formula is C23H25N5O5S. The van der Waals surface area contributed by atoms with Gasteiger partial charge in [-0.1, -0.05) is 6.07 Å². The molecule has 4 aromatic rings. The second-order valence-electron chi connectivity index (χ2n) is 7.63. The molecule has 2 aromatic heterocycles. The number of aromatic nitrogens is 2. The normalized spacial score (nSPS) is 11.7. The van der Waals surface area contributed by atoms with E-state index in [-0.39, 0.29) is 29.6 Å². The molecule has 0 atom stereocenters. The van der Waals surface area contributed by atoms with Gasteiger partial charge in [-0.15, -0.1) is 0 Å². The minimum absolute atomic E-state index is 0.0328. The quantitative estimate of drug-likeness (QED) is 0.411. The van der Waals surface area contributed by atoms with E-state index in [1.165, 1.54) is 25.2 Å². The van der Waals surface area contributed by atoms with Crippen LogP contribution in [0.4, 0.5) is 11.4 Å². The van der Waals surface area contributed by atoms with E-state index in [4.69, 9.17) is 20.3 Å². The Bertz CT molecular complexity index is 1510. The molecule has 0 aliphatic heterocycles. The van der Waals surface area contributed by atoms with Crippen molar-refractivity contribution in [2.24, 2.45) is 17.9 Å². The first-order valence-corrected chi connectivity index (χ1v) is 11.9. The first kappa shape index (κ1) is 23.5. The number of primary sulfonamides is 1. The number of sulfonamides is 1. The third-order valence-electron chi connectivity index (χ3n) is 5.61. The van der Waals surface area contributed by atoms with Crippen molar-refractivity contribution in [1.82, 2.24) is 9.55 Å². The lowest BCUT2D eigenvalue weighted by atomic mass is 10.1. The number of anilines is 2. The molecule has 0 aliphatic carbocycles. The lowest BCUT2D eigenvalue weighted by molar-refractivity contribution is -0.117. The van der Waals surface area contributed by atoms with E-state index in [2.05, 4.69) is 4.98 Å². The maximum atomic E-state index is 13.2. The number of hydrogen-bond donors (Lipinski definition) is 2. The highest BCUT2D eigenvalue weighted by Gasteiger charge is 2.24. The number of rotatable bonds is 7. The maximum absolute atomic E-state index is 13.2. The Kier molecular flexibility index (Phi) is 6.17. The predicted octanol–water partition coefficient (Wildman–Crippen LogP) is 2.40. The monoisotopic (exact) mass is 483 g/mol. The summed E-state index contributed by atoms with van der Waals surface area (Å²) in [6.07, 6.45) is 0.111. The minimum atomic E-state index is -3.85. The summed E-state index contributed by atoms with van der Waals surface area (Å²) >= 11 is 0. The van der Waals surface area contributed by atoms with E-state index in [0.29, 0.717) is 17.3 Å². The molecule has 1 amide bonds. The number of ether oxygens (including phenoxy) is 2. The number of hydrogen-bond acceptors (Lipinski definition) is 7. The highest BCUT2D eigenvalue weighted by atomic mass is 32.2. The summed E-state index contributed by atoms with van der Waals surface area (Å²) in [5.41, 5.74) is 8.31. The van der Waals surface area contributed by atoms with Gasteiger partial charge in [-0.05, 0) is 36.4 Å². The van der Waals surface area contributed by atoms with Gasteiger partial charge in [-0.2, -0.15) is 4.98 Å². The van der Waals surface area contributed by atoms with Crippen molar-refractivity contribution < 1.29 is 22.7 Å². The molecule has 2 aromatic carbocycles. The van der Waals surface area contributed by atoms with Gasteiger partial charge in [0.15, 0.2) is 0 Å². The molecular weight excluding hydrogens is 458 g/mol. The summed E-state index contributed by atoms with van der Waals surface area (Å²) in [7, 11) is 0.980. The molecule has 11 heteroatoms. The fourth-order valence-corrected chi connectivity index (χ4v) is 4.54. The number of nitrogens with two attached hydrogens (primary N) is 2. The number of carbonyl (C=O) groups excluding carboxylic acids is 1. The summed E-state index contributed by atoms with van der Waals surface area (Å²) in [6, 6.07) is 13.6. The van der Waals surface area contributed by atoms with Gasteiger partial charge in [-0.3, -0.25) is 9.69 Å². The topological polar surface area (TPSA) is 143 Å². The number of amides is 1. The van der Waals surface area contributed by atoms with Crippen molar-refractivity contribution in [3.8, 4) is 11.8 Å². The molecule has 4 rings (SSSR count).